The van der Waals surface area contributed by atoms with Crippen molar-refractivity contribution >= 4 is 0 Å². The van der Waals surface area contributed by atoms with Gasteiger partial charge < -0.3 is 0 Å². The molecule has 2 nitrogen and oxygen atoms in total. The van der Waals surface area contributed by atoms with Crippen LogP contribution < -0.4 is 11.3 Å². The van der Waals surface area contributed by atoms with E-state index in [9.17, 15) is 0 Å². The van der Waals surface area contributed by atoms with Gasteiger partial charge in [-0.25, -0.2) is 0 Å². The Morgan fingerprint density at radius 2 is 1.86 bits per heavy atom. The zero-order chi connectivity index (χ0) is 5.11. The molecule has 0 unspecified atom stereocenters. The number of rotatable bonds is 1. The van der Waals surface area contributed by atoms with Gasteiger partial charge >= 0.3 is 0 Å². The van der Waals surface area contributed by atoms with Gasteiger partial charge in [0.2, 0.25) is 0 Å². The lowest BCUT2D eigenvalue weighted by Gasteiger charge is -1.99. The summed E-state index contributed by atoms with van der Waals surface area (Å²) in [6.07, 6.45) is 5.09. The molecule has 2 heteroatoms. The predicted molar refractivity (Wildman–Crippen MR) is 28.6 cm³/mol. The van der Waals surface area contributed by atoms with Gasteiger partial charge in [-0.3, -0.25) is 5.84 Å². The van der Waals surface area contributed by atoms with Gasteiger partial charge in [-0.1, -0.05) is 12.8 Å². The Hall–Kier alpha value is -0.0800. The molecule has 0 aromatic carbocycles. The summed E-state index contributed by atoms with van der Waals surface area (Å²) in [5.41, 5.74) is 3.69. The van der Waals surface area contributed by atoms with Crippen LogP contribution in [0.5, 0.6) is 0 Å². The summed E-state index contributed by atoms with van der Waals surface area (Å²) in [6, 6.07) is 0.500. The van der Waals surface area contributed by atoms with Crippen LogP contribution in [-0.4, -0.2) is 6.04 Å². The SMILES string of the molecule is N[N]C1CCCC1. The van der Waals surface area contributed by atoms with Crippen LogP contribution in [0.15, 0.2) is 0 Å². The number of hydrogen-bond acceptors (Lipinski definition) is 1. The molecule has 0 amide bonds. The first-order valence-electron chi connectivity index (χ1n) is 2.83. The molecule has 7 heavy (non-hydrogen) atoms. The van der Waals surface area contributed by atoms with E-state index in [1.54, 1.807) is 0 Å². The van der Waals surface area contributed by atoms with Crippen molar-refractivity contribution in [2.75, 3.05) is 0 Å². The molecule has 1 aliphatic carbocycles. The third-order valence-corrected chi connectivity index (χ3v) is 1.54. The van der Waals surface area contributed by atoms with Crippen molar-refractivity contribution in [1.82, 2.24) is 5.43 Å². The van der Waals surface area contributed by atoms with E-state index in [-0.39, 0.29) is 0 Å². The number of nitrogens with zero attached hydrogens (tertiary/aromatic N) is 1. The Kier molecular flexibility index (Phi) is 1.65. The first kappa shape index (κ1) is 5.06. The van der Waals surface area contributed by atoms with Gasteiger partial charge in [-0.05, 0) is 12.8 Å². The van der Waals surface area contributed by atoms with E-state index in [1.165, 1.54) is 25.7 Å². The lowest BCUT2D eigenvalue weighted by molar-refractivity contribution is 0.533. The van der Waals surface area contributed by atoms with Crippen molar-refractivity contribution in [1.29, 1.82) is 0 Å². The minimum absolute atomic E-state index is 0.500. The largest absolute Gasteiger partial charge is 0.253 e. The first-order valence-corrected chi connectivity index (χ1v) is 2.83. The second-order valence-corrected chi connectivity index (χ2v) is 2.09. The maximum absolute atomic E-state index is 5.06. The van der Waals surface area contributed by atoms with E-state index in [0.29, 0.717) is 6.04 Å². The quantitative estimate of drug-likeness (QED) is 0.375. The molecule has 0 aromatic heterocycles. The fraction of sp³-hybridized carbons (Fsp3) is 1.00. The molecule has 0 aliphatic heterocycles. The minimum atomic E-state index is 0.500. The van der Waals surface area contributed by atoms with Gasteiger partial charge in [0.25, 0.3) is 0 Å². The fourth-order valence-electron chi connectivity index (χ4n) is 1.05. The van der Waals surface area contributed by atoms with E-state index < -0.39 is 0 Å². The van der Waals surface area contributed by atoms with Crippen molar-refractivity contribution in [3.63, 3.8) is 0 Å². The van der Waals surface area contributed by atoms with Crippen LogP contribution in [0.25, 0.3) is 0 Å². The first-order chi connectivity index (χ1) is 3.43. The average molecular weight is 99.2 g/mol. The summed E-state index contributed by atoms with van der Waals surface area (Å²) in [5.74, 6) is 5.06. The van der Waals surface area contributed by atoms with Gasteiger partial charge in [-0.2, -0.15) is 5.43 Å². The second-order valence-electron chi connectivity index (χ2n) is 2.09. The van der Waals surface area contributed by atoms with Crippen LogP contribution in [0.2, 0.25) is 0 Å². The Morgan fingerprint density at radius 1 is 1.29 bits per heavy atom. The molecule has 0 spiro atoms. The molecule has 0 aromatic rings. The summed E-state index contributed by atoms with van der Waals surface area (Å²) < 4.78 is 0. The minimum Gasteiger partial charge on any atom is -0.253 e. The van der Waals surface area contributed by atoms with E-state index in [1.807, 2.05) is 0 Å². The Morgan fingerprint density at radius 3 is 2.14 bits per heavy atom. The number of hydrogen-bond donors (Lipinski definition) is 1. The standard InChI is InChI=1S/C5H11N2/c6-7-5-3-1-2-4-5/h5H,1-4,6H2. The third-order valence-electron chi connectivity index (χ3n) is 1.54. The lowest BCUT2D eigenvalue weighted by atomic mass is 10.3. The number of nitrogens with two attached hydrogens (primary N) is 1. The molecule has 2 N–H and O–H groups in total. The van der Waals surface area contributed by atoms with Crippen LogP contribution >= 0.6 is 0 Å². The van der Waals surface area contributed by atoms with Crippen LogP contribution in [0.1, 0.15) is 25.7 Å². The molecule has 1 saturated carbocycles. The summed E-state index contributed by atoms with van der Waals surface area (Å²) in [4.78, 5) is 0. The molecule has 0 heterocycles. The second kappa shape index (κ2) is 2.28. The summed E-state index contributed by atoms with van der Waals surface area (Å²) >= 11 is 0. The van der Waals surface area contributed by atoms with Crippen molar-refractivity contribution in [2.45, 2.75) is 31.7 Å². The molecule has 0 saturated heterocycles. The van der Waals surface area contributed by atoms with Crippen LogP contribution in [0.3, 0.4) is 0 Å². The van der Waals surface area contributed by atoms with Crippen LogP contribution in [0, 0.1) is 0 Å². The van der Waals surface area contributed by atoms with Crippen molar-refractivity contribution < 1.29 is 0 Å². The molecule has 1 rings (SSSR count). The molecule has 1 fully saturated rings. The molecule has 1 aliphatic rings. The van der Waals surface area contributed by atoms with Crippen molar-refractivity contribution in [2.24, 2.45) is 5.84 Å². The monoisotopic (exact) mass is 99.1 g/mol. The Labute approximate surface area is 44.1 Å². The zero-order valence-corrected chi connectivity index (χ0v) is 4.43. The molecule has 0 atom stereocenters. The smallest absolute Gasteiger partial charge is 0.0413 e. The van der Waals surface area contributed by atoms with E-state index >= 15 is 0 Å². The van der Waals surface area contributed by atoms with Gasteiger partial charge in [0.15, 0.2) is 0 Å². The zero-order valence-electron chi connectivity index (χ0n) is 4.43. The highest BCUT2D eigenvalue weighted by atomic mass is 15.2. The van der Waals surface area contributed by atoms with Crippen LogP contribution in [-0.2, 0) is 0 Å². The highest BCUT2D eigenvalue weighted by Crippen LogP contribution is 2.16. The van der Waals surface area contributed by atoms with Crippen LogP contribution in [0.4, 0.5) is 0 Å². The maximum Gasteiger partial charge on any atom is 0.0413 e. The molecule has 1 radical (unpaired) electrons. The Bertz CT molecular complexity index is 48.0. The van der Waals surface area contributed by atoms with Gasteiger partial charge in [0.05, 0.1) is 0 Å². The summed E-state index contributed by atoms with van der Waals surface area (Å²) in [6.45, 7) is 0. The Balaban J connectivity index is 2.14. The third kappa shape index (κ3) is 1.14. The lowest BCUT2D eigenvalue weighted by Crippen LogP contribution is -2.24. The molecular weight excluding hydrogens is 88.1 g/mol. The highest BCUT2D eigenvalue weighted by molar-refractivity contribution is 4.69. The predicted octanol–water partition coefficient (Wildman–Crippen LogP) is 0.407. The van der Waals surface area contributed by atoms with E-state index in [4.69, 9.17) is 5.84 Å². The van der Waals surface area contributed by atoms with E-state index in [0.717, 1.165) is 0 Å². The normalized spacial score (nSPS) is 23.6. The molecule has 41 valence electrons. The average Bonchev–Trinajstić information content (AvgIpc) is 2.14. The fourth-order valence-corrected chi connectivity index (χ4v) is 1.05. The van der Waals surface area contributed by atoms with Gasteiger partial charge in [0.1, 0.15) is 0 Å². The topological polar surface area (TPSA) is 40.1 Å². The summed E-state index contributed by atoms with van der Waals surface area (Å²) in [5, 5.41) is 0. The van der Waals surface area contributed by atoms with E-state index in [2.05, 4.69) is 5.43 Å². The van der Waals surface area contributed by atoms with Gasteiger partial charge in [0, 0.05) is 6.04 Å². The molecule has 0 bridgehead atoms. The van der Waals surface area contributed by atoms with Crippen molar-refractivity contribution in [3.8, 4) is 0 Å². The van der Waals surface area contributed by atoms with Gasteiger partial charge in [-0.15, -0.1) is 0 Å². The summed E-state index contributed by atoms with van der Waals surface area (Å²) in [7, 11) is 0. The maximum atomic E-state index is 5.06. The van der Waals surface area contributed by atoms with Crippen molar-refractivity contribution in [3.05, 3.63) is 0 Å². The highest BCUT2D eigenvalue weighted by Gasteiger charge is 2.12. The molecular formula is C5H11N2.